The highest BCUT2D eigenvalue weighted by atomic mass is 127. The first-order valence-corrected chi connectivity index (χ1v) is 9.55. The molecule has 0 bridgehead atoms. The monoisotopic (exact) mass is 671 g/mol. The molecule has 0 unspecified atom stereocenters. The first kappa shape index (κ1) is 21.3. The zero-order chi connectivity index (χ0) is 18.6. The Morgan fingerprint density at radius 2 is 1.54 bits per heavy atom. The van der Waals surface area contributed by atoms with Gasteiger partial charge in [0.1, 0.15) is 0 Å². The molecule has 0 heterocycles. The van der Waals surface area contributed by atoms with Crippen molar-refractivity contribution in [3.63, 3.8) is 0 Å². The Morgan fingerprint density at radius 3 is 2.00 bits per heavy atom. The SMILES string of the molecule is CNC(=O)c1c(I)c(NCC(=O)NC(C)=O)c(I)c(C(=O)O)c1I. The van der Waals surface area contributed by atoms with Gasteiger partial charge < -0.3 is 15.7 Å². The number of imide groups is 1. The van der Waals surface area contributed by atoms with Crippen molar-refractivity contribution in [1.82, 2.24) is 10.6 Å². The lowest BCUT2D eigenvalue weighted by atomic mass is 10.1. The summed E-state index contributed by atoms with van der Waals surface area (Å²) in [5, 5.41) is 16.8. The van der Waals surface area contributed by atoms with Crippen molar-refractivity contribution in [3.8, 4) is 0 Å². The van der Waals surface area contributed by atoms with Crippen molar-refractivity contribution in [3.05, 3.63) is 21.8 Å². The van der Waals surface area contributed by atoms with Gasteiger partial charge in [0.05, 0.1) is 30.5 Å². The number of anilines is 1. The molecule has 0 spiro atoms. The average molecular weight is 671 g/mol. The van der Waals surface area contributed by atoms with E-state index in [2.05, 4.69) is 16.0 Å². The minimum absolute atomic E-state index is 0.0234. The summed E-state index contributed by atoms with van der Waals surface area (Å²) in [6.07, 6.45) is 0. The Kier molecular flexibility index (Phi) is 8.10. The molecule has 1 aromatic carbocycles. The molecule has 1 aromatic rings. The van der Waals surface area contributed by atoms with E-state index in [4.69, 9.17) is 0 Å². The molecule has 0 radical (unpaired) electrons. The molecule has 0 aliphatic carbocycles. The van der Waals surface area contributed by atoms with Crippen LogP contribution >= 0.6 is 67.8 Å². The molecule has 1 rings (SSSR count). The van der Waals surface area contributed by atoms with E-state index in [0.717, 1.165) is 0 Å². The number of carbonyl (C=O) groups excluding carboxylic acids is 3. The maximum atomic E-state index is 12.1. The number of carbonyl (C=O) groups is 4. The molecule has 11 heteroatoms. The summed E-state index contributed by atoms with van der Waals surface area (Å²) in [5.41, 5.74) is 0.544. The predicted octanol–water partition coefficient (Wildman–Crippen LogP) is 1.63. The van der Waals surface area contributed by atoms with Crippen LogP contribution in [0.15, 0.2) is 0 Å². The smallest absolute Gasteiger partial charge is 0.337 e. The molecule has 24 heavy (non-hydrogen) atoms. The van der Waals surface area contributed by atoms with E-state index >= 15 is 0 Å². The maximum absolute atomic E-state index is 12.1. The van der Waals surface area contributed by atoms with Gasteiger partial charge in [0, 0.05) is 17.5 Å². The summed E-state index contributed by atoms with van der Waals surface area (Å²) in [6.45, 7) is 0.973. The topological polar surface area (TPSA) is 125 Å². The highest BCUT2D eigenvalue weighted by Gasteiger charge is 2.27. The van der Waals surface area contributed by atoms with Crippen LogP contribution < -0.4 is 16.0 Å². The van der Waals surface area contributed by atoms with Crippen LogP contribution in [0.3, 0.4) is 0 Å². The number of halogens is 3. The van der Waals surface area contributed by atoms with Gasteiger partial charge in [-0.2, -0.15) is 0 Å². The molecule has 3 amide bonds. The standard InChI is InChI=1S/C13H12I3N3O5/c1-4(20)19-5(21)3-18-11-9(15)6(12(22)17-2)8(14)7(10(11)16)13(23)24/h18H,3H2,1-2H3,(H,17,22)(H,23,24)(H,19,20,21). The first-order valence-electron chi connectivity index (χ1n) is 6.31. The van der Waals surface area contributed by atoms with Gasteiger partial charge in [-0.25, -0.2) is 4.79 Å². The third-order valence-electron chi connectivity index (χ3n) is 2.73. The molecule has 0 fully saturated rings. The van der Waals surface area contributed by atoms with E-state index in [1.165, 1.54) is 14.0 Å². The lowest BCUT2D eigenvalue weighted by molar-refractivity contribution is -0.128. The van der Waals surface area contributed by atoms with Gasteiger partial charge in [0.2, 0.25) is 11.8 Å². The molecular formula is C13H12I3N3O5. The summed E-state index contributed by atoms with van der Waals surface area (Å²) >= 11 is 5.58. The molecule has 0 saturated heterocycles. The quantitative estimate of drug-likeness (QED) is 0.354. The first-order chi connectivity index (χ1) is 11.1. The molecule has 0 aliphatic rings. The van der Waals surface area contributed by atoms with Gasteiger partial charge in [0.15, 0.2) is 0 Å². The fourth-order valence-corrected chi connectivity index (χ4v) is 6.24. The van der Waals surface area contributed by atoms with E-state index < -0.39 is 23.7 Å². The number of rotatable bonds is 5. The second kappa shape index (κ2) is 9.12. The van der Waals surface area contributed by atoms with Gasteiger partial charge in [-0.15, -0.1) is 0 Å². The minimum Gasteiger partial charge on any atom is -0.478 e. The average Bonchev–Trinajstić information content (AvgIpc) is 2.45. The lowest BCUT2D eigenvalue weighted by Gasteiger charge is -2.18. The van der Waals surface area contributed by atoms with E-state index in [-0.39, 0.29) is 17.7 Å². The fraction of sp³-hybridized carbons (Fsp3) is 0.231. The van der Waals surface area contributed by atoms with Crippen LogP contribution in [0.25, 0.3) is 0 Å². The normalized spacial score (nSPS) is 10.0. The van der Waals surface area contributed by atoms with Crippen molar-refractivity contribution in [2.45, 2.75) is 6.92 Å². The van der Waals surface area contributed by atoms with Crippen LogP contribution in [0.4, 0.5) is 5.69 Å². The van der Waals surface area contributed by atoms with Crippen LogP contribution in [0.5, 0.6) is 0 Å². The van der Waals surface area contributed by atoms with Gasteiger partial charge >= 0.3 is 5.97 Å². The van der Waals surface area contributed by atoms with Crippen molar-refractivity contribution < 1.29 is 24.3 Å². The van der Waals surface area contributed by atoms with Crippen LogP contribution in [0.1, 0.15) is 27.6 Å². The van der Waals surface area contributed by atoms with Gasteiger partial charge in [-0.3, -0.25) is 19.7 Å². The van der Waals surface area contributed by atoms with Crippen molar-refractivity contribution in [2.75, 3.05) is 18.9 Å². The second-order valence-electron chi connectivity index (χ2n) is 4.41. The van der Waals surface area contributed by atoms with Crippen LogP contribution in [0, 0.1) is 10.7 Å². The largest absolute Gasteiger partial charge is 0.478 e. The Labute approximate surface area is 178 Å². The predicted molar refractivity (Wildman–Crippen MR) is 112 cm³/mol. The number of carboxylic acid groups (broad SMARTS) is 1. The minimum atomic E-state index is -1.18. The third kappa shape index (κ3) is 4.90. The highest BCUT2D eigenvalue weighted by Crippen LogP contribution is 2.35. The number of amides is 3. The Bertz CT molecular complexity index is 736. The molecule has 0 atom stereocenters. The number of nitrogens with one attached hydrogen (secondary N) is 3. The lowest BCUT2D eigenvalue weighted by Crippen LogP contribution is -2.34. The zero-order valence-electron chi connectivity index (χ0n) is 12.4. The summed E-state index contributed by atoms with van der Waals surface area (Å²) in [6, 6.07) is 0. The van der Waals surface area contributed by atoms with E-state index in [1.807, 2.05) is 67.8 Å². The zero-order valence-corrected chi connectivity index (χ0v) is 18.9. The molecule has 0 aromatic heterocycles. The molecule has 0 saturated carbocycles. The van der Waals surface area contributed by atoms with E-state index in [0.29, 0.717) is 16.4 Å². The Balaban J connectivity index is 3.40. The van der Waals surface area contributed by atoms with Crippen LogP contribution in [0.2, 0.25) is 0 Å². The number of benzene rings is 1. The summed E-state index contributed by atoms with van der Waals surface area (Å²) < 4.78 is 1.17. The molecule has 4 N–H and O–H groups in total. The van der Waals surface area contributed by atoms with Crippen molar-refractivity contribution >= 4 is 97.2 Å². The number of carboxylic acids is 1. The van der Waals surface area contributed by atoms with E-state index in [1.54, 1.807) is 0 Å². The number of hydrogen-bond donors (Lipinski definition) is 4. The summed E-state index contributed by atoms with van der Waals surface area (Å²) in [4.78, 5) is 46.2. The number of hydrogen-bond acceptors (Lipinski definition) is 5. The molecule has 130 valence electrons. The second-order valence-corrected chi connectivity index (χ2v) is 7.65. The van der Waals surface area contributed by atoms with Crippen molar-refractivity contribution in [2.24, 2.45) is 0 Å². The molecular weight excluding hydrogens is 659 g/mol. The van der Waals surface area contributed by atoms with Crippen molar-refractivity contribution in [1.29, 1.82) is 0 Å². The van der Waals surface area contributed by atoms with Gasteiger partial charge in [-0.05, 0) is 67.8 Å². The Morgan fingerprint density at radius 1 is 1.00 bits per heavy atom. The Hall–Kier alpha value is -0.710. The highest BCUT2D eigenvalue weighted by molar-refractivity contribution is 14.1. The third-order valence-corrected chi connectivity index (χ3v) is 5.96. The molecule has 0 aliphatic heterocycles. The van der Waals surface area contributed by atoms with Crippen LogP contribution in [-0.2, 0) is 9.59 Å². The van der Waals surface area contributed by atoms with Gasteiger partial charge in [0.25, 0.3) is 5.91 Å². The number of aromatic carboxylic acids is 1. The maximum Gasteiger partial charge on any atom is 0.337 e. The van der Waals surface area contributed by atoms with Gasteiger partial charge in [-0.1, -0.05) is 0 Å². The van der Waals surface area contributed by atoms with Crippen LogP contribution in [-0.4, -0.2) is 42.4 Å². The summed E-state index contributed by atoms with van der Waals surface area (Å²) in [5.74, 6) is -2.67. The fourth-order valence-electron chi connectivity index (χ4n) is 1.74. The van der Waals surface area contributed by atoms with E-state index in [9.17, 15) is 24.3 Å². The summed E-state index contributed by atoms with van der Waals surface area (Å²) in [7, 11) is 1.44. The molecule has 8 nitrogen and oxygen atoms in total.